The largest absolute Gasteiger partial charge is 0.478 e. The van der Waals surface area contributed by atoms with Crippen LogP contribution < -0.4 is 0 Å². The third-order valence-corrected chi connectivity index (χ3v) is 1.81. The van der Waals surface area contributed by atoms with E-state index in [1.165, 1.54) is 0 Å². The minimum absolute atomic E-state index is 0.105. The summed E-state index contributed by atoms with van der Waals surface area (Å²) in [6, 6.07) is 0. The van der Waals surface area contributed by atoms with Gasteiger partial charge in [0.05, 0.1) is 5.69 Å². The number of hydrogen-bond acceptors (Lipinski definition) is 2. The van der Waals surface area contributed by atoms with Crippen molar-refractivity contribution in [3.05, 3.63) is 17.5 Å². The molecule has 0 bridgehead atoms. The van der Waals surface area contributed by atoms with Crippen LogP contribution in [0.3, 0.4) is 0 Å². The molecule has 0 aliphatic heterocycles. The average molecular weight is 196 g/mol. The summed E-state index contributed by atoms with van der Waals surface area (Å²) in [7, 11) is 0. The summed E-state index contributed by atoms with van der Waals surface area (Å²) in [5, 5.41) is 13.0. The fourth-order valence-electron chi connectivity index (χ4n) is 1.29. The predicted octanol–water partition coefficient (Wildman–Crippen LogP) is 1.94. The summed E-state index contributed by atoms with van der Waals surface area (Å²) in [6.45, 7) is 8.70. The Morgan fingerprint density at radius 1 is 1.57 bits per heavy atom. The van der Waals surface area contributed by atoms with Gasteiger partial charge in [-0.1, -0.05) is 20.8 Å². The van der Waals surface area contributed by atoms with Crippen molar-refractivity contribution in [3.8, 4) is 0 Å². The molecule has 0 spiro atoms. The maximum absolute atomic E-state index is 10.7. The number of rotatable bonds is 2. The lowest BCUT2D eigenvalue weighted by molar-refractivity contribution is 0.0696. The Kier molecular flexibility index (Phi) is 2.64. The Bertz CT molecular complexity index is 347. The van der Waals surface area contributed by atoms with Crippen molar-refractivity contribution in [2.24, 2.45) is 5.41 Å². The monoisotopic (exact) mass is 196 g/mol. The third-order valence-electron chi connectivity index (χ3n) is 1.81. The van der Waals surface area contributed by atoms with Crippen LogP contribution in [0.25, 0.3) is 0 Å². The quantitative estimate of drug-likeness (QED) is 0.786. The van der Waals surface area contributed by atoms with E-state index in [1.54, 1.807) is 17.8 Å². The van der Waals surface area contributed by atoms with Crippen LogP contribution in [-0.2, 0) is 6.54 Å². The van der Waals surface area contributed by atoms with E-state index in [0.29, 0.717) is 5.69 Å². The highest BCUT2D eigenvalue weighted by Crippen LogP contribution is 2.17. The van der Waals surface area contributed by atoms with Crippen LogP contribution in [0.15, 0.2) is 6.20 Å². The van der Waals surface area contributed by atoms with Crippen molar-refractivity contribution < 1.29 is 9.90 Å². The Hall–Kier alpha value is -1.32. The fraction of sp³-hybridized carbons (Fsp3) is 0.600. The van der Waals surface area contributed by atoms with Crippen LogP contribution in [0.1, 0.15) is 36.8 Å². The summed E-state index contributed by atoms with van der Waals surface area (Å²) in [5.41, 5.74) is 0.963. The molecule has 0 amide bonds. The molecule has 1 N–H and O–H groups in total. The summed E-state index contributed by atoms with van der Waals surface area (Å²) in [5.74, 6) is -0.914. The van der Waals surface area contributed by atoms with Gasteiger partial charge in [0.1, 0.15) is 5.56 Å². The average Bonchev–Trinajstić information content (AvgIpc) is 2.26. The van der Waals surface area contributed by atoms with Crippen molar-refractivity contribution in [1.82, 2.24) is 9.78 Å². The first-order chi connectivity index (χ1) is 6.29. The van der Waals surface area contributed by atoms with Crippen molar-refractivity contribution in [3.63, 3.8) is 0 Å². The van der Waals surface area contributed by atoms with Gasteiger partial charge in [0.2, 0.25) is 0 Å². The molecule has 4 nitrogen and oxygen atoms in total. The fourth-order valence-corrected chi connectivity index (χ4v) is 1.29. The summed E-state index contributed by atoms with van der Waals surface area (Å²) in [6.07, 6.45) is 1.59. The smallest absolute Gasteiger partial charge is 0.339 e. The Morgan fingerprint density at radius 3 is 2.50 bits per heavy atom. The zero-order valence-corrected chi connectivity index (χ0v) is 9.03. The molecule has 1 heterocycles. The van der Waals surface area contributed by atoms with E-state index in [1.807, 2.05) is 0 Å². The minimum Gasteiger partial charge on any atom is -0.478 e. The van der Waals surface area contributed by atoms with Gasteiger partial charge < -0.3 is 5.11 Å². The van der Waals surface area contributed by atoms with Crippen LogP contribution >= 0.6 is 0 Å². The van der Waals surface area contributed by atoms with E-state index < -0.39 is 5.97 Å². The van der Waals surface area contributed by atoms with Gasteiger partial charge in [0.25, 0.3) is 0 Å². The van der Waals surface area contributed by atoms with Crippen molar-refractivity contribution >= 4 is 5.97 Å². The lowest BCUT2D eigenvalue weighted by Crippen LogP contribution is -2.15. The molecule has 0 saturated carbocycles. The standard InChI is InChI=1S/C10H16N2O2/c1-7-8(9(13)14)5-12(11-7)6-10(2,3)4/h5H,6H2,1-4H3,(H,13,14). The van der Waals surface area contributed by atoms with E-state index in [4.69, 9.17) is 5.11 Å². The molecule has 0 saturated heterocycles. The molecule has 0 aromatic carbocycles. The lowest BCUT2D eigenvalue weighted by atomic mass is 9.97. The molecule has 0 aliphatic carbocycles. The van der Waals surface area contributed by atoms with Gasteiger partial charge in [0.15, 0.2) is 0 Å². The third kappa shape index (κ3) is 2.58. The maximum Gasteiger partial charge on any atom is 0.339 e. The Labute approximate surface area is 83.5 Å². The van der Waals surface area contributed by atoms with Crippen molar-refractivity contribution in [2.45, 2.75) is 34.2 Å². The Balaban J connectivity index is 2.92. The van der Waals surface area contributed by atoms with Crippen molar-refractivity contribution in [2.75, 3.05) is 0 Å². The molecule has 1 rings (SSSR count). The second-order valence-electron chi connectivity index (χ2n) is 4.69. The lowest BCUT2D eigenvalue weighted by Gasteiger charge is -2.17. The molecule has 0 unspecified atom stereocenters. The molecule has 0 radical (unpaired) electrons. The van der Waals surface area contributed by atoms with Crippen LogP contribution in [0.4, 0.5) is 0 Å². The minimum atomic E-state index is -0.914. The number of aromatic nitrogens is 2. The highest BCUT2D eigenvalue weighted by atomic mass is 16.4. The van der Waals surface area contributed by atoms with E-state index in [0.717, 1.165) is 6.54 Å². The summed E-state index contributed by atoms with van der Waals surface area (Å²) >= 11 is 0. The molecular formula is C10H16N2O2. The molecule has 0 atom stereocenters. The van der Waals surface area contributed by atoms with Crippen LogP contribution in [0, 0.1) is 12.3 Å². The second-order valence-corrected chi connectivity index (χ2v) is 4.69. The van der Waals surface area contributed by atoms with E-state index >= 15 is 0 Å². The van der Waals surface area contributed by atoms with Gasteiger partial charge >= 0.3 is 5.97 Å². The van der Waals surface area contributed by atoms with Crippen LogP contribution in [-0.4, -0.2) is 20.9 Å². The molecule has 14 heavy (non-hydrogen) atoms. The molecule has 0 aliphatic rings. The number of nitrogens with zero attached hydrogens (tertiary/aromatic N) is 2. The first kappa shape index (κ1) is 10.8. The topological polar surface area (TPSA) is 55.1 Å². The number of carboxylic acid groups (broad SMARTS) is 1. The van der Waals surface area contributed by atoms with E-state index in [9.17, 15) is 4.79 Å². The van der Waals surface area contributed by atoms with Gasteiger partial charge in [0, 0.05) is 12.7 Å². The first-order valence-electron chi connectivity index (χ1n) is 4.57. The van der Waals surface area contributed by atoms with Crippen LogP contribution in [0.5, 0.6) is 0 Å². The highest BCUT2D eigenvalue weighted by Gasteiger charge is 2.16. The van der Waals surface area contributed by atoms with Gasteiger partial charge in [-0.15, -0.1) is 0 Å². The predicted molar refractivity (Wildman–Crippen MR) is 53.4 cm³/mol. The SMILES string of the molecule is Cc1nn(CC(C)(C)C)cc1C(=O)O. The molecular weight excluding hydrogens is 180 g/mol. The number of hydrogen-bond donors (Lipinski definition) is 1. The Morgan fingerprint density at radius 2 is 2.14 bits per heavy atom. The highest BCUT2D eigenvalue weighted by molar-refractivity contribution is 5.88. The second kappa shape index (κ2) is 3.44. The molecule has 4 heteroatoms. The molecule has 78 valence electrons. The molecule has 1 aromatic rings. The normalized spacial score (nSPS) is 11.7. The number of carboxylic acids is 1. The zero-order chi connectivity index (χ0) is 10.9. The van der Waals surface area contributed by atoms with Crippen LogP contribution in [0.2, 0.25) is 0 Å². The van der Waals surface area contributed by atoms with E-state index in [2.05, 4.69) is 25.9 Å². The maximum atomic E-state index is 10.7. The van der Waals surface area contributed by atoms with Crippen molar-refractivity contribution in [1.29, 1.82) is 0 Å². The van der Waals surface area contributed by atoms with Gasteiger partial charge in [-0.05, 0) is 12.3 Å². The number of aryl methyl sites for hydroxylation is 1. The van der Waals surface area contributed by atoms with Gasteiger partial charge in [-0.3, -0.25) is 4.68 Å². The number of carbonyl (C=O) groups is 1. The van der Waals surface area contributed by atoms with Gasteiger partial charge in [-0.25, -0.2) is 4.79 Å². The zero-order valence-electron chi connectivity index (χ0n) is 9.03. The summed E-state index contributed by atoms with van der Waals surface area (Å²) < 4.78 is 1.69. The van der Waals surface area contributed by atoms with E-state index in [-0.39, 0.29) is 11.0 Å². The molecule has 1 aromatic heterocycles. The first-order valence-corrected chi connectivity index (χ1v) is 4.57. The number of aromatic carboxylic acids is 1. The molecule has 0 fully saturated rings. The van der Waals surface area contributed by atoms with Gasteiger partial charge in [-0.2, -0.15) is 5.10 Å². The summed E-state index contributed by atoms with van der Waals surface area (Å²) in [4.78, 5) is 10.7.